The largest absolute Gasteiger partial charge is 0.353 e. The van der Waals surface area contributed by atoms with Crippen LogP contribution in [0.2, 0.25) is 0 Å². The predicted molar refractivity (Wildman–Crippen MR) is 64.1 cm³/mol. The molecule has 88 valence electrons. The maximum Gasteiger partial charge on any atom is 0.220 e. The summed E-state index contributed by atoms with van der Waals surface area (Å²) in [5, 5.41) is 3.10. The molecule has 1 atom stereocenters. The van der Waals surface area contributed by atoms with Gasteiger partial charge in [-0.1, -0.05) is 12.8 Å². The number of alkyl halides is 1. The van der Waals surface area contributed by atoms with Gasteiger partial charge in [0.05, 0.1) is 0 Å². The second-order valence-corrected chi connectivity index (χ2v) is 4.92. The van der Waals surface area contributed by atoms with E-state index in [1.165, 1.54) is 25.7 Å². The summed E-state index contributed by atoms with van der Waals surface area (Å²) >= 11 is 5.56. The fourth-order valence-electron chi connectivity index (χ4n) is 2.28. The SMILES string of the molecule is C[C@@H](NC(=O)CCCCCl)C1CCCC1. The molecule has 0 bridgehead atoms. The van der Waals surface area contributed by atoms with Gasteiger partial charge in [-0.2, -0.15) is 0 Å². The van der Waals surface area contributed by atoms with Crippen molar-refractivity contribution in [3.05, 3.63) is 0 Å². The molecule has 0 aliphatic heterocycles. The van der Waals surface area contributed by atoms with Gasteiger partial charge >= 0.3 is 0 Å². The number of amides is 1. The fourth-order valence-corrected chi connectivity index (χ4v) is 2.47. The number of carbonyl (C=O) groups excluding carboxylic acids is 1. The molecule has 1 saturated carbocycles. The molecule has 1 aliphatic carbocycles. The van der Waals surface area contributed by atoms with Crippen molar-refractivity contribution in [1.82, 2.24) is 5.32 Å². The van der Waals surface area contributed by atoms with Gasteiger partial charge < -0.3 is 5.32 Å². The van der Waals surface area contributed by atoms with E-state index in [-0.39, 0.29) is 5.91 Å². The quantitative estimate of drug-likeness (QED) is 0.553. The minimum atomic E-state index is 0.194. The second kappa shape index (κ2) is 7.10. The zero-order valence-electron chi connectivity index (χ0n) is 9.60. The van der Waals surface area contributed by atoms with Crippen LogP contribution in [0.25, 0.3) is 0 Å². The number of halogens is 1. The van der Waals surface area contributed by atoms with E-state index in [1.807, 2.05) is 0 Å². The molecule has 0 radical (unpaired) electrons. The molecule has 15 heavy (non-hydrogen) atoms. The van der Waals surface area contributed by atoms with E-state index in [1.54, 1.807) is 0 Å². The molecule has 0 aromatic heterocycles. The summed E-state index contributed by atoms with van der Waals surface area (Å²) in [5.41, 5.74) is 0. The third-order valence-corrected chi connectivity index (χ3v) is 3.55. The minimum absolute atomic E-state index is 0.194. The van der Waals surface area contributed by atoms with Crippen LogP contribution in [0.5, 0.6) is 0 Å². The van der Waals surface area contributed by atoms with E-state index < -0.39 is 0 Å². The van der Waals surface area contributed by atoms with Gasteiger partial charge in [-0.3, -0.25) is 4.79 Å². The van der Waals surface area contributed by atoms with Crippen molar-refractivity contribution in [2.45, 2.75) is 57.9 Å². The summed E-state index contributed by atoms with van der Waals surface area (Å²) in [4.78, 5) is 11.5. The molecule has 0 spiro atoms. The number of hydrogen-bond acceptors (Lipinski definition) is 1. The molecule has 1 aliphatic rings. The van der Waals surface area contributed by atoms with Gasteiger partial charge in [0, 0.05) is 18.3 Å². The molecular weight excluding hydrogens is 210 g/mol. The zero-order valence-corrected chi connectivity index (χ0v) is 10.4. The van der Waals surface area contributed by atoms with Gasteiger partial charge in [-0.05, 0) is 38.5 Å². The van der Waals surface area contributed by atoms with Crippen LogP contribution in [0.1, 0.15) is 51.9 Å². The lowest BCUT2D eigenvalue weighted by molar-refractivity contribution is -0.122. The summed E-state index contributed by atoms with van der Waals surface area (Å²) in [6.45, 7) is 2.13. The average molecular weight is 232 g/mol. The van der Waals surface area contributed by atoms with E-state index >= 15 is 0 Å². The van der Waals surface area contributed by atoms with Crippen LogP contribution in [0, 0.1) is 5.92 Å². The summed E-state index contributed by atoms with van der Waals surface area (Å²) in [6.07, 6.45) is 7.70. The van der Waals surface area contributed by atoms with Crippen LogP contribution in [0.3, 0.4) is 0 Å². The van der Waals surface area contributed by atoms with Gasteiger partial charge in [0.2, 0.25) is 5.91 Å². The number of unbranched alkanes of at least 4 members (excludes halogenated alkanes) is 1. The molecule has 0 unspecified atom stereocenters. The maximum atomic E-state index is 11.5. The van der Waals surface area contributed by atoms with Gasteiger partial charge in [0.1, 0.15) is 0 Å². The predicted octanol–water partition coefficient (Wildman–Crippen LogP) is 3.09. The molecule has 0 saturated heterocycles. The monoisotopic (exact) mass is 231 g/mol. The van der Waals surface area contributed by atoms with E-state index in [2.05, 4.69) is 12.2 Å². The normalized spacial score (nSPS) is 19.1. The molecule has 2 nitrogen and oxygen atoms in total. The number of nitrogens with one attached hydrogen (secondary N) is 1. The van der Waals surface area contributed by atoms with Crippen LogP contribution in [-0.2, 0) is 4.79 Å². The summed E-state index contributed by atoms with van der Waals surface area (Å²) in [7, 11) is 0. The van der Waals surface area contributed by atoms with Gasteiger partial charge in [0.25, 0.3) is 0 Å². The Morgan fingerprint density at radius 3 is 2.67 bits per heavy atom. The highest BCUT2D eigenvalue weighted by Gasteiger charge is 2.22. The Morgan fingerprint density at radius 1 is 1.40 bits per heavy atom. The summed E-state index contributed by atoms with van der Waals surface area (Å²) in [5.74, 6) is 1.56. The average Bonchev–Trinajstić information content (AvgIpc) is 2.70. The van der Waals surface area contributed by atoms with Crippen molar-refractivity contribution in [2.75, 3.05) is 5.88 Å². The summed E-state index contributed by atoms with van der Waals surface area (Å²) in [6, 6.07) is 0.357. The third kappa shape index (κ3) is 4.87. The highest BCUT2D eigenvalue weighted by Crippen LogP contribution is 2.27. The van der Waals surface area contributed by atoms with Crippen molar-refractivity contribution in [3.63, 3.8) is 0 Å². The van der Waals surface area contributed by atoms with Crippen molar-refractivity contribution in [2.24, 2.45) is 5.92 Å². The van der Waals surface area contributed by atoms with Crippen LogP contribution >= 0.6 is 11.6 Å². The smallest absolute Gasteiger partial charge is 0.220 e. The Morgan fingerprint density at radius 2 is 2.07 bits per heavy atom. The molecule has 0 aromatic carbocycles. The first-order valence-corrected chi connectivity index (χ1v) is 6.63. The first-order valence-electron chi connectivity index (χ1n) is 6.09. The van der Waals surface area contributed by atoms with Crippen LogP contribution in [0.4, 0.5) is 0 Å². The Labute approximate surface area is 97.8 Å². The zero-order chi connectivity index (χ0) is 11.1. The third-order valence-electron chi connectivity index (χ3n) is 3.28. The first-order chi connectivity index (χ1) is 7.24. The van der Waals surface area contributed by atoms with Crippen molar-refractivity contribution in [1.29, 1.82) is 0 Å². The van der Waals surface area contributed by atoms with E-state index in [0.29, 0.717) is 24.3 Å². The Kier molecular flexibility index (Phi) is 6.07. The molecule has 1 amide bonds. The molecular formula is C12H22ClNO. The number of hydrogen-bond donors (Lipinski definition) is 1. The fraction of sp³-hybridized carbons (Fsp3) is 0.917. The van der Waals surface area contributed by atoms with E-state index in [0.717, 1.165) is 12.8 Å². The number of rotatable bonds is 6. The minimum Gasteiger partial charge on any atom is -0.353 e. The second-order valence-electron chi connectivity index (χ2n) is 4.55. The summed E-state index contributed by atoms with van der Waals surface area (Å²) < 4.78 is 0. The number of carbonyl (C=O) groups is 1. The van der Waals surface area contributed by atoms with E-state index in [4.69, 9.17) is 11.6 Å². The Balaban J connectivity index is 2.13. The lowest BCUT2D eigenvalue weighted by Crippen LogP contribution is -2.37. The highest BCUT2D eigenvalue weighted by molar-refractivity contribution is 6.17. The van der Waals surface area contributed by atoms with Gasteiger partial charge in [-0.15, -0.1) is 11.6 Å². The van der Waals surface area contributed by atoms with Crippen molar-refractivity contribution < 1.29 is 4.79 Å². The first kappa shape index (κ1) is 12.8. The highest BCUT2D eigenvalue weighted by atomic mass is 35.5. The van der Waals surface area contributed by atoms with E-state index in [9.17, 15) is 4.79 Å². The Bertz CT molecular complexity index is 190. The van der Waals surface area contributed by atoms with Gasteiger partial charge in [0.15, 0.2) is 0 Å². The molecule has 1 rings (SSSR count). The van der Waals surface area contributed by atoms with Crippen LogP contribution in [0.15, 0.2) is 0 Å². The van der Waals surface area contributed by atoms with Gasteiger partial charge in [-0.25, -0.2) is 0 Å². The molecule has 3 heteroatoms. The van der Waals surface area contributed by atoms with Crippen molar-refractivity contribution >= 4 is 17.5 Å². The van der Waals surface area contributed by atoms with Crippen molar-refractivity contribution in [3.8, 4) is 0 Å². The molecule has 0 heterocycles. The molecule has 1 N–H and O–H groups in total. The lowest BCUT2D eigenvalue weighted by Gasteiger charge is -2.20. The van der Waals surface area contributed by atoms with Crippen LogP contribution in [-0.4, -0.2) is 17.8 Å². The lowest BCUT2D eigenvalue weighted by atomic mass is 9.99. The topological polar surface area (TPSA) is 29.1 Å². The standard InChI is InChI=1S/C12H22ClNO/c1-10(11-6-2-3-7-11)14-12(15)8-4-5-9-13/h10-11H,2-9H2,1H3,(H,14,15)/t10-/m1/s1. The molecule has 1 fully saturated rings. The molecule has 0 aromatic rings. The Hall–Kier alpha value is -0.240. The van der Waals surface area contributed by atoms with Crippen LogP contribution < -0.4 is 5.32 Å². The maximum absolute atomic E-state index is 11.5.